The van der Waals surface area contributed by atoms with Crippen molar-refractivity contribution in [2.75, 3.05) is 14.2 Å². The van der Waals surface area contributed by atoms with Crippen molar-refractivity contribution in [3.63, 3.8) is 0 Å². The third kappa shape index (κ3) is 13.4. The first-order valence-corrected chi connectivity index (χ1v) is 15.1. The maximum absolute atomic E-state index is 10.5. The molecule has 0 unspecified atom stereocenters. The Morgan fingerprint density at radius 2 is 0.929 bits per heavy atom. The average Bonchev–Trinajstić information content (AvgIpc) is 3.06. The van der Waals surface area contributed by atoms with Crippen molar-refractivity contribution >= 4 is 53.2 Å². The summed E-state index contributed by atoms with van der Waals surface area (Å²) in [5.74, 6) is 1.38. The summed E-state index contributed by atoms with van der Waals surface area (Å²) in [5, 5.41) is 36.8. The Morgan fingerprint density at radius 1 is 0.595 bits per heavy atom. The zero-order valence-corrected chi connectivity index (χ0v) is 26.2. The number of non-ortho nitro benzene ring substituents is 2. The molecular formula is C26H20Cl2N6O6Pd2. The first kappa shape index (κ1) is 36.4. The number of benzene rings is 4. The molecule has 12 nitrogen and oxygen atoms in total. The summed E-state index contributed by atoms with van der Waals surface area (Å²) in [4.78, 5) is 20.1. The summed E-state index contributed by atoms with van der Waals surface area (Å²) in [7, 11) is 12.1. The fraction of sp³-hybridized carbons (Fsp3) is 0.0769. The van der Waals surface area contributed by atoms with Gasteiger partial charge in [0.25, 0.3) is 11.4 Å². The Bertz CT molecular complexity index is 1320. The molecule has 0 fully saturated rings. The molecule has 0 radical (unpaired) electrons. The Kier molecular flexibility index (Phi) is 18.3. The molecule has 0 atom stereocenters. The van der Waals surface area contributed by atoms with Crippen molar-refractivity contribution in [3.05, 3.63) is 117 Å². The van der Waals surface area contributed by atoms with Crippen LogP contribution in [0.2, 0.25) is 0 Å². The van der Waals surface area contributed by atoms with Crippen LogP contribution in [0.4, 0.5) is 34.1 Å². The molecule has 0 spiro atoms. The zero-order valence-electron chi connectivity index (χ0n) is 21.6. The number of ether oxygens (including phenoxy) is 2. The van der Waals surface area contributed by atoms with Crippen LogP contribution in [0.15, 0.2) is 105 Å². The van der Waals surface area contributed by atoms with Crippen LogP contribution in [-0.4, -0.2) is 24.1 Å². The van der Waals surface area contributed by atoms with Gasteiger partial charge in [0.1, 0.15) is 0 Å². The molecule has 16 heteroatoms. The molecule has 0 N–H and O–H groups in total. The van der Waals surface area contributed by atoms with E-state index in [0.29, 0.717) is 34.2 Å². The fourth-order valence-corrected chi connectivity index (χ4v) is 2.69. The molecule has 0 aliphatic carbocycles. The second-order valence-corrected chi connectivity index (χ2v) is 7.17. The van der Waals surface area contributed by atoms with Crippen LogP contribution in [0.5, 0.6) is 11.5 Å². The molecule has 0 aliphatic heterocycles. The zero-order chi connectivity index (χ0) is 31.3. The standard InChI is InChI=1S/2C13H10N3O3.2ClH.2Pd/c2*1-19-13-8-4-11(5-9-13)15-14-10-2-6-12(7-3-10)16(17)18;;;;/h2*2-4,6-9H,1H3;2*1H;;/q2*-1;;;2*+2/p-2. The van der Waals surface area contributed by atoms with Crippen LogP contribution in [-0.2, 0) is 36.4 Å². The van der Waals surface area contributed by atoms with Crippen LogP contribution in [0.1, 0.15) is 0 Å². The van der Waals surface area contributed by atoms with Crippen LogP contribution >= 0.6 is 19.1 Å². The summed E-state index contributed by atoms with van der Waals surface area (Å²) in [6.07, 6.45) is 0. The van der Waals surface area contributed by atoms with Crippen molar-refractivity contribution in [1.82, 2.24) is 0 Å². The molecule has 224 valence electrons. The summed E-state index contributed by atoms with van der Waals surface area (Å²) >= 11 is 4.44. The third-order valence-electron chi connectivity index (χ3n) is 4.67. The Morgan fingerprint density at radius 3 is 1.17 bits per heavy atom. The van der Waals surface area contributed by atoms with Crippen molar-refractivity contribution in [1.29, 1.82) is 0 Å². The molecular weight excluding hydrogens is 776 g/mol. The van der Waals surface area contributed by atoms with Gasteiger partial charge in [-0.15, -0.1) is 36.4 Å². The van der Waals surface area contributed by atoms with Crippen molar-refractivity contribution in [2.45, 2.75) is 0 Å². The van der Waals surface area contributed by atoms with E-state index in [4.69, 9.17) is 9.47 Å². The number of halogens is 2. The molecule has 0 saturated carbocycles. The van der Waals surface area contributed by atoms with Gasteiger partial charge in [-0.05, 0) is 35.6 Å². The van der Waals surface area contributed by atoms with Gasteiger partial charge in [0.05, 0.1) is 35.4 Å². The van der Waals surface area contributed by atoms with Crippen molar-refractivity contribution in [3.8, 4) is 11.5 Å². The monoisotopic (exact) mass is 794 g/mol. The van der Waals surface area contributed by atoms with Gasteiger partial charge in [0, 0.05) is 35.8 Å². The number of methoxy groups -OCH3 is 2. The number of rotatable bonds is 8. The maximum atomic E-state index is 10.5. The molecule has 0 aliphatic rings. The van der Waals surface area contributed by atoms with E-state index >= 15 is 0 Å². The van der Waals surface area contributed by atoms with Gasteiger partial charge < -0.3 is 9.47 Å². The van der Waals surface area contributed by atoms with Gasteiger partial charge >= 0.3 is 55.4 Å². The Hall–Kier alpha value is -3.62. The second kappa shape index (κ2) is 21.1. The summed E-state index contributed by atoms with van der Waals surface area (Å²) in [5.41, 5.74) is 2.23. The predicted molar refractivity (Wildman–Crippen MR) is 150 cm³/mol. The van der Waals surface area contributed by atoms with Crippen LogP contribution in [0.3, 0.4) is 0 Å². The van der Waals surface area contributed by atoms with Gasteiger partial charge in [-0.2, -0.15) is 32.6 Å². The van der Waals surface area contributed by atoms with E-state index in [1.165, 1.54) is 48.5 Å². The van der Waals surface area contributed by atoms with Crippen molar-refractivity contribution in [2.24, 2.45) is 20.5 Å². The summed E-state index contributed by atoms with van der Waals surface area (Å²) in [6.45, 7) is 0. The Balaban J connectivity index is 0.000000376. The first-order chi connectivity index (χ1) is 20.4. The quantitative estimate of drug-likeness (QED) is 0.0570. The van der Waals surface area contributed by atoms with E-state index in [1.54, 1.807) is 50.6 Å². The van der Waals surface area contributed by atoms with E-state index in [0.717, 1.165) is 0 Å². The van der Waals surface area contributed by atoms with Gasteiger partial charge in [-0.25, -0.2) is 0 Å². The first-order valence-electron chi connectivity index (χ1n) is 11.1. The molecule has 0 bridgehead atoms. The van der Waals surface area contributed by atoms with E-state index in [2.05, 4.69) is 88.0 Å². The SMILES string of the molecule is COc1c[c-]c(N=Nc2ccc([N+](=O)[O-])cc2)cc1.COc1c[c-]c(N=Nc2ccc([N+](=O)[O-])cc2)cc1.[Cl][Pd+].[Cl][Pd+]. The Labute approximate surface area is 270 Å². The minimum atomic E-state index is -0.460. The van der Waals surface area contributed by atoms with Crippen molar-refractivity contribution < 1.29 is 55.7 Å². The van der Waals surface area contributed by atoms with Crippen LogP contribution in [0, 0.1) is 32.4 Å². The number of azo groups is 2. The van der Waals surface area contributed by atoms with E-state index in [9.17, 15) is 20.2 Å². The fourth-order valence-electron chi connectivity index (χ4n) is 2.69. The van der Waals surface area contributed by atoms with Crippen LogP contribution in [0.25, 0.3) is 0 Å². The molecule has 0 saturated heterocycles. The molecule has 0 amide bonds. The molecule has 0 heterocycles. The average molecular weight is 796 g/mol. The minimum absolute atomic E-state index is 0.0231. The molecule has 4 aromatic rings. The number of hydrogen-bond acceptors (Lipinski definition) is 10. The van der Waals surface area contributed by atoms with E-state index in [1.807, 2.05) is 0 Å². The molecule has 0 aromatic heterocycles. The number of nitrogens with zero attached hydrogens (tertiary/aromatic N) is 6. The van der Waals surface area contributed by atoms with Gasteiger partial charge in [-0.3, -0.25) is 20.2 Å². The van der Waals surface area contributed by atoms with E-state index < -0.39 is 9.85 Å². The van der Waals surface area contributed by atoms with E-state index in [-0.39, 0.29) is 11.4 Å². The second-order valence-electron chi connectivity index (χ2n) is 7.17. The topological polar surface area (TPSA) is 154 Å². The number of nitro groups is 2. The van der Waals surface area contributed by atoms with Gasteiger partial charge in [-0.1, -0.05) is 0 Å². The number of nitro benzene ring substituents is 2. The summed E-state index contributed by atoms with van der Waals surface area (Å²) in [6, 6.07) is 27.7. The third-order valence-corrected chi connectivity index (χ3v) is 4.67. The summed E-state index contributed by atoms with van der Waals surface area (Å²) < 4.78 is 10.0. The molecule has 4 rings (SSSR count). The molecule has 4 aromatic carbocycles. The van der Waals surface area contributed by atoms with Gasteiger partial charge in [0.15, 0.2) is 0 Å². The van der Waals surface area contributed by atoms with Crippen LogP contribution < -0.4 is 9.47 Å². The number of hydrogen-bond donors (Lipinski definition) is 0. The van der Waals surface area contributed by atoms with Gasteiger partial charge in [0.2, 0.25) is 0 Å². The predicted octanol–water partition coefficient (Wildman–Crippen LogP) is 9.01. The normalized spacial score (nSPS) is 9.90. The molecule has 42 heavy (non-hydrogen) atoms.